The summed E-state index contributed by atoms with van der Waals surface area (Å²) >= 11 is 0. The summed E-state index contributed by atoms with van der Waals surface area (Å²) < 4.78 is 20.9. The Bertz CT molecular complexity index is 1120. The molecule has 0 saturated carbocycles. The number of nitrogens with one attached hydrogen (secondary N) is 2. The predicted molar refractivity (Wildman–Crippen MR) is 113 cm³/mol. The molecule has 0 unspecified atom stereocenters. The zero-order valence-corrected chi connectivity index (χ0v) is 17.3. The summed E-state index contributed by atoms with van der Waals surface area (Å²) in [6, 6.07) is 9.47. The van der Waals surface area contributed by atoms with E-state index in [1.54, 1.807) is 35.1 Å². The third-order valence-electron chi connectivity index (χ3n) is 5.35. The molecular weight excluding hydrogens is 399 g/mol. The van der Waals surface area contributed by atoms with E-state index in [0.29, 0.717) is 36.4 Å². The number of hydrogen-bond acceptors (Lipinski definition) is 4. The number of aryl methyl sites for hydroxylation is 1. The summed E-state index contributed by atoms with van der Waals surface area (Å²) in [7, 11) is 3.37. The Balaban J connectivity index is 1.60. The summed E-state index contributed by atoms with van der Waals surface area (Å²) in [4.78, 5) is 25.3. The summed E-state index contributed by atoms with van der Waals surface area (Å²) in [5, 5.41) is 9.61. The average molecular weight is 422 g/mol. The SMILES string of the molecule is CNC(=O)c1cc(C(=O)NCCc2cnn(C)c2)cc2c1OC[C@@H]2c1ccc(F)cc1. The summed E-state index contributed by atoms with van der Waals surface area (Å²) in [5.41, 5.74) is 3.30. The first-order valence-corrected chi connectivity index (χ1v) is 10.00. The van der Waals surface area contributed by atoms with Crippen molar-refractivity contribution in [3.8, 4) is 5.75 Å². The molecule has 1 atom stereocenters. The second kappa shape index (κ2) is 8.59. The van der Waals surface area contributed by atoms with E-state index < -0.39 is 0 Å². The Morgan fingerprint density at radius 3 is 2.68 bits per heavy atom. The number of halogens is 1. The number of fused-ring (bicyclic) bond motifs is 1. The minimum Gasteiger partial charge on any atom is -0.491 e. The quantitative estimate of drug-likeness (QED) is 0.639. The van der Waals surface area contributed by atoms with Crippen LogP contribution in [0, 0.1) is 5.82 Å². The highest BCUT2D eigenvalue weighted by molar-refractivity contribution is 6.02. The predicted octanol–water partition coefficient (Wildman–Crippen LogP) is 2.42. The van der Waals surface area contributed by atoms with Gasteiger partial charge in [-0.05, 0) is 41.8 Å². The maximum Gasteiger partial charge on any atom is 0.254 e. The summed E-state index contributed by atoms with van der Waals surface area (Å²) in [6.07, 6.45) is 4.31. The highest BCUT2D eigenvalue weighted by atomic mass is 19.1. The van der Waals surface area contributed by atoms with Crippen LogP contribution >= 0.6 is 0 Å². The molecular formula is C23H23FN4O3. The van der Waals surface area contributed by atoms with E-state index in [0.717, 1.165) is 16.7 Å². The number of hydrogen-bond donors (Lipinski definition) is 2. The third-order valence-corrected chi connectivity index (χ3v) is 5.35. The molecule has 1 aromatic heterocycles. The van der Waals surface area contributed by atoms with Gasteiger partial charge in [0.25, 0.3) is 11.8 Å². The monoisotopic (exact) mass is 422 g/mol. The van der Waals surface area contributed by atoms with Crippen LogP contribution in [0.1, 0.15) is 43.3 Å². The Labute approximate surface area is 179 Å². The third kappa shape index (κ3) is 4.28. The standard InChI is InChI=1S/C23H23FN4O3/c1-25-23(30)19-10-16(22(29)26-8-7-14-11-27-28(2)12-14)9-18-20(13-31-21(18)19)15-3-5-17(24)6-4-15/h3-6,9-12,20H,7-8,13H2,1-2H3,(H,25,30)(H,26,29)/t20-/m1/s1. The fraction of sp³-hybridized carbons (Fsp3) is 0.261. The molecule has 1 aliphatic heterocycles. The van der Waals surface area contributed by atoms with Gasteiger partial charge in [-0.25, -0.2) is 4.39 Å². The molecule has 160 valence electrons. The second-order valence-electron chi connectivity index (χ2n) is 7.46. The first kappa shape index (κ1) is 20.6. The molecule has 1 aliphatic rings. The molecule has 4 rings (SSSR count). The van der Waals surface area contributed by atoms with Crippen LogP contribution in [0.5, 0.6) is 5.75 Å². The Hall–Kier alpha value is -3.68. The number of ether oxygens (including phenoxy) is 1. The molecule has 0 saturated heterocycles. The van der Waals surface area contributed by atoms with Crippen LogP contribution in [-0.4, -0.2) is 41.8 Å². The van der Waals surface area contributed by atoms with E-state index >= 15 is 0 Å². The normalized spacial score (nSPS) is 14.6. The van der Waals surface area contributed by atoms with Gasteiger partial charge in [0.15, 0.2) is 0 Å². The van der Waals surface area contributed by atoms with Gasteiger partial charge in [0, 0.05) is 43.9 Å². The minimum absolute atomic E-state index is 0.192. The van der Waals surface area contributed by atoms with Crippen molar-refractivity contribution in [1.82, 2.24) is 20.4 Å². The van der Waals surface area contributed by atoms with Crippen molar-refractivity contribution < 1.29 is 18.7 Å². The van der Waals surface area contributed by atoms with Crippen molar-refractivity contribution in [1.29, 1.82) is 0 Å². The van der Waals surface area contributed by atoms with Crippen LogP contribution in [0.25, 0.3) is 0 Å². The summed E-state index contributed by atoms with van der Waals surface area (Å²) in [6.45, 7) is 0.756. The fourth-order valence-electron chi connectivity index (χ4n) is 3.76. The van der Waals surface area contributed by atoms with Crippen LogP contribution in [0.3, 0.4) is 0 Å². The van der Waals surface area contributed by atoms with Crippen LogP contribution in [0.2, 0.25) is 0 Å². The highest BCUT2D eigenvalue weighted by Crippen LogP contribution is 2.41. The topological polar surface area (TPSA) is 85.3 Å². The molecule has 0 fully saturated rings. The smallest absolute Gasteiger partial charge is 0.254 e. The highest BCUT2D eigenvalue weighted by Gasteiger charge is 2.31. The van der Waals surface area contributed by atoms with E-state index in [4.69, 9.17) is 4.74 Å². The molecule has 2 heterocycles. The van der Waals surface area contributed by atoms with Gasteiger partial charge in [-0.2, -0.15) is 5.10 Å². The van der Waals surface area contributed by atoms with Crippen molar-refractivity contribution in [2.24, 2.45) is 7.05 Å². The van der Waals surface area contributed by atoms with Gasteiger partial charge in [-0.3, -0.25) is 14.3 Å². The lowest BCUT2D eigenvalue weighted by Gasteiger charge is -2.13. The minimum atomic E-state index is -0.332. The van der Waals surface area contributed by atoms with E-state index in [1.165, 1.54) is 19.2 Å². The van der Waals surface area contributed by atoms with E-state index in [9.17, 15) is 14.0 Å². The van der Waals surface area contributed by atoms with Crippen LogP contribution in [-0.2, 0) is 13.5 Å². The number of benzene rings is 2. The van der Waals surface area contributed by atoms with Gasteiger partial charge < -0.3 is 15.4 Å². The largest absolute Gasteiger partial charge is 0.491 e. The number of carbonyl (C=O) groups excluding carboxylic acids is 2. The summed E-state index contributed by atoms with van der Waals surface area (Å²) in [5.74, 6) is -0.666. The molecule has 3 aromatic rings. The molecule has 8 heteroatoms. The Kier molecular flexibility index (Phi) is 5.70. The molecule has 2 aromatic carbocycles. The van der Waals surface area contributed by atoms with Crippen molar-refractivity contribution in [3.63, 3.8) is 0 Å². The van der Waals surface area contributed by atoms with Crippen molar-refractivity contribution in [2.75, 3.05) is 20.2 Å². The Morgan fingerprint density at radius 1 is 1.23 bits per heavy atom. The van der Waals surface area contributed by atoms with Gasteiger partial charge in [0.05, 0.1) is 18.4 Å². The van der Waals surface area contributed by atoms with E-state index in [2.05, 4.69) is 15.7 Å². The average Bonchev–Trinajstić information content (AvgIpc) is 3.39. The molecule has 0 spiro atoms. The number of carbonyl (C=O) groups is 2. The molecule has 2 amide bonds. The molecule has 31 heavy (non-hydrogen) atoms. The Morgan fingerprint density at radius 2 is 2.00 bits per heavy atom. The number of amides is 2. The van der Waals surface area contributed by atoms with Gasteiger partial charge >= 0.3 is 0 Å². The number of aromatic nitrogens is 2. The maximum atomic E-state index is 13.4. The van der Waals surface area contributed by atoms with Crippen LogP contribution in [0.15, 0.2) is 48.8 Å². The molecule has 0 radical (unpaired) electrons. The maximum absolute atomic E-state index is 13.4. The molecule has 0 aliphatic carbocycles. The first-order valence-electron chi connectivity index (χ1n) is 10.00. The lowest BCUT2D eigenvalue weighted by atomic mass is 9.90. The van der Waals surface area contributed by atoms with Gasteiger partial charge in [-0.1, -0.05) is 12.1 Å². The van der Waals surface area contributed by atoms with Crippen molar-refractivity contribution in [3.05, 3.63) is 82.4 Å². The van der Waals surface area contributed by atoms with E-state index in [1.807, 2.05) is 13.2 Å². The number of rotatable bonds is 6. The van der Waals surface area contributed by atoms with Gasteiger partial charge in [-0.15, -0.1) is 0 Å². The lowest BCUT2D eigenvalue weighted by molar-refractivity contribution is 0.0954. The molecule has 2 N–H and O–H groups in total. The first-order chi connectivity index (χ1) is 15.0. The van der Waals surface area contributed by atoms with Crippen LogP contribution < -0.4 is 15.4 Å². The number of nitrogens with zero attached hydrogens (tertiary/aromatic N) is 2. The second-order valence-corrected chi connectivity index (χ2v) is 7.46. The lowest BCUT2D eigenvalue weighted by Crippen LogP contribution is -2.26. The zero-order valence-electron chi connectivity index (χ0n) is 17.3. The fourth-order valence-corrected chi connectivity index (χ4v) is 3.76. The van der Waals surface area contributed by atoms with Crippen LogP contribution in [0.4, 0.5) is 4.39 Å². The van der Waals surface area contributed by atoms with Gasteiger partial charge in [0.2, 0.25) is 0 Å². The van der Waals surface area contributed by atoms with Gasteiger partial charge in [0.1, 0.15) is 11.6 Å². The van der Waals surface area contributed by atoms with Crippen molar-refractivity contribution in [2.45, 2.75) is 12.3 Å². The molecule has 0 bridgehead atoms. The van der Waals surface area contributed by atoms with E-state index in [-0.39, 0.29) is 23.5 Å². The zero-order chi connectivity index (χ0) is 22.0. The molecule has 7 nitrogen and oxygen atoms in total. The van der Waals surface area contributed by atoms with Crippen molar-refractivity contribution >= 4 is 11.8 Å².